The number of aryl methyl sites for hydroxylation is 1. The van der Waals surface area contributed by atoms with Crippen LogP contribution in [0, 0.1) is 6.92 Å². The molecule has 1 heterocycles. The second-order valence-corrected chi connectivity index (χ2v) is 4.36. The van der Waals surface area contributed by atoms with Crippen LogP contribution in [-0.4, -0.2) is 10.7 Å². The molecular weight excluding hydrogens is 174 g/mol. The van der Waals surface area contributed by atoms with Crippen molar-refractivity contribution in [2.45, 2.75) is 26.3 Å². The molecule has 0 atom stereocenters. The Morgan fingerprint density at radius 2 is 2.00 bits per heavy atom. The molecule has 1 aliphatic rings. The van der Waals surface area contributed by atoms with E-state index in [0.717, 1.165) is 11.3 Å². The van der Waals surface area contributed by atoms with Gasteiger partial charge in [0.2, 0.25) is 0 Å². The fourth-order valence-electron chi connectivity index (χ4n) is 1.68. The molecule has 14 heavy (non-hydrogen) atoms. The lowest BCUT2D eigenvalue weighted by Gasteiger charge is -2.36. The quantitative estimate of drug-likeness (QED) is 0.678. The molecule has 1 N–H and O–H groups in total. The zero-order chi connectivity index (χ0) is 10.3. The van der Waals surface area contributed by atoms with Crippen molar-refractivity contribution in [1.29, 1.82) is 0 Å². The molecule has 1 aliphatic heterocycles. The third-order valence-electron chi connectivity index (χ3n) is 2.63. The van der Waals surface area contributed by atoms with Gasteiger partial charge in [-0.05, 0) is 32.9 Å². The monoisotopic (exact) mass is 189 g/mol. The molecule has 1 aromatic rings. The maximum absolute atomic E-state index is 9.96. The Hall–Kier alpha value is -1.28. The van der Waals surface area contributed by atoms with Crippen LogP contribution in [0.3, 0.4) is 0 Å². The third-order valence-corrected chi connectivity index (χ3v) is 2.63. The van der Waals surface area contributed by atoms with E-state index in [-0.39, 0.29) is 5.54 Å². The van der Waals surface area contributed by atoms with Gasteiger partial charge in [0, 0.05) is 5.56 Å². The minimum absolute atomic E-state index is 0.317. The van der Waals surface area contributed by atoms with Crippen LogP contribution in [0.1, 0.15) is 25.0 Å². The minimum Gasteiger partial charge on any atom is -0.288 e. The van der Waals surface area contributed by atoms with Gasteiger partial charge in [-0.15, -0.1) is 0 Å². The zero-order valence-electron chi connectivity index (χ0n) is 8.78. The fourth-order valence-corrected chi connectivity index (χ4v) is 1.68. The van der Waals surface area contributed by atoms with Crippen molar-refractivity contribution in [3.05, 3.63) is 35.4 Å². The molecule has 0 unspecified atom stereocenters. The minimum atomic E-state index is -0.317. The first-order valence-electron chi connectivity index (χ1n) is 4.80. The Balaban J connectivity index is 2.55. The van der Waals surface area contributed by atoms with Crippen LogP contribution in [0.15, 0.2) is 24.3 Å². The molecule has 0 radical (unpaired) electrons. The van der Waals surface area contributed by atoms with Crippen molar-refractivity contribution in [3.63, 3.8) is 0 Å². The highest BCUT2D eigenvalue weighted by atomic mass is 16.5. The number of hydrogen-bond donors (Lipinski definition) is 1. The number of rotatable bonds is 0. The first-order chi connectivity index (χ1) is 6.50. The molecule has 0 saturated carbocycles. The van der Waals surface area contributed by atoms with Crippen LogP contribution < -0.4 is 5.06 Å². The van der Waals surface area contributed by atoms with E-state index < -0.39 is 0 Å². The average Bonchev–Trinajstić information content (AvgIpc) is 2.12. The molecule has 0 amide bonds. The molecule has 74 valence electrons. The summed E-state index contributed by atoms with van der Waals surface area (Å²) in [6.45, 7) is 6.01. The fraction of sp³-hybridized carbons (Fsp3) is 0.333. The van der Waals surface area contributed by atoms with E-state index in [2.05, 4.69) is 19.1 Å². The lowest BCUT2D eigenvalue weighted by Crippen LogP contribution is -2.41. The van der Waals surface area contributed by atoms with E-state index >= 15 is 0 Å². The Morgan fingerprint density at radius 3 is 2.71 bits per heavy atom. The summed E-state index contributed by atoms with van der Waals surface area (Å²) < 4.78 is 0. The van der Waals surface area contributed by atoms with Crippen molar-refractivity contribution in [3.8, 4) is 0 Å². The van der Waals surface area contributed by atoms with Crippen LogP contribution in [0.25, 0.3) is 6.08 Å². The molecule has 0 bridgehead atoms. The Labute approximate surface area is 84.4 Å². The van der Waals surface area contributed by atoms with E-state index in [1.807, 2.05) is 32.1 Å². The number of anilines is 1. The first-order valence-corrected chi connectivity index (χ1v) is 4.80. The van der Waals surface area contributed by atoms with E-state index in [1.165, 1.54) is 10.6 Å². The van der Waals surface area contributed by atoms with Gasteiger partial charge in [-0.3, -0.25) is 5.21 Å². The van der Waals surface area contributed by atoms with Gasteiger partial charge in [0.25, 0.3) is 0 Å². The number of benzene rings is 1. The van der Waals surface area contributed by atoms with Gasteiger partial charge < -0.3 is 0 Å². The van der Waals surface area contributed by atoms with Gasteiger partial charge in [-0.25, -0.2) is 5.06 Å². The Bertz CT molecular complexity index is 393. The molecule has 0 aliphatic carbocycles. The Morgan fingerprint density at radius 1 is 1.29 bits per heavy atom. The Kier molecular flexibility index (Phi) is 1.89. The van der Waals surface area contributed by atoms with Crippen LogP contribution >= 0.6 is 0 Å². The summed E-state index contributed by atoms with van der Waals surface area (Å²) in [6, 6.07) is 6.04. The van der Waals surface area contributed by atoms with Gasteiger partial charge in [0.1, 0.15) is 0 Å². The topological polar surface area (TPSA) is 23.5 Å². The van der Waals surface area contributed by atoms with Crippen molar-refractivity contribution in [2.24, 2.45) is 0 Å². The summed E-state index contributed by atoms with van der Waals surface area (Å²) in [6.07, 6.45) is 4.07. The average molecular weight is 189 g/mol. The molecule has 0 fully saturated rings. The van der Waals surface area contributed by atoms with E-state index in [9.17, 15) is 5.21 Å². The van der Waals surface area contributed by atoms with Crippen molar-refractivity contribution >= 4 is 11.8 Å². The van der Waals surface area contributed by atoms with E-state index in [4.69, 9.17) is 0 Å². The van der Waals surface area contributed by atoms with Crippen molar-refractivity contribution < 1.29 is 5.21 Å². The van der Waals surface area contributed by atoms with Crippen LogP contribution in [0.4, 0.5) is 5.69 Å². The second kappa shape index (κ2) is 2.85. The van der Waals surface area contributed by atoms with Crippen LogP contribution in [0.2, 0.25) is 0 Å². The molecule has 0 spiro atoms. The summed E-state index contributed by atoms with van der Waals surface area (Å²) in [7, 11) is 0. The SMILES string of the molecule is Cc1ccc2c(c1)C=CC(C)(C)N2O. The van der Waals surface area contributed by atoms with Crippen LogP contribution in [0.5, 0.6) is 0 Å². The second-order valence-electron chi connectivity index (χ2n) is 4.36. The van der Waals surface area contributed by atoms with Gasteiger partial charge in [0.05, 0.1) is 11.2 Å². The summed E-state index contributed by atoms with van der Waals surface area (Å²) in [4.78, 5) is 0. The number of nitrogens with zero attached hydrogens (tertiary/aromatic N) is 1. The van der Waals surface area contributed by atoms with Gasteiger partial charge in [-0.2, -0.15) is 0 Å². The summed E-state index contributed by atoms with van der Waals surface area (Å²) in [5.41, 5.74) is 2.85. The lowest BCUT2D eigenvalue weighted by atomic mass is 9.95. The molecule has 2 nitrogen and oxygen atoms in total. The zero-order valence-corrected chi connectivity index (χ0v) is 8.78. The largest absolute Gasteiger partial charge is 0.288 e. The summed E-state index contributed by atoms with van der Waals surface area (Å²) in [5, 5.41) is 11.3. The van der Waals surface area contributed by atoms with Gasteiger partial charge in [-0.1, -0.05) is 23.8 Å². The highest BCUT2D eigenvalue weighted by molar-refractivity contribution is 5.72. The lowest BCUT2D eigenvalue weighted by molar-refractivity contribution is 0.195. The predicted molar refractivity (Wildman–Crippen MR) is 58.6 cm³/mol. The number of fused-ring (bicyclic) bond motifs is 1. The maximum Gasteiger partial charge on any atom is 0.0798 e. The molecule has 0 aromatic heterocycles. The number of hydrogen-bond acceptors (Lipinski definition) is 2. The molecule has 2 heteroatoms. The van der Waals surface area contributed by atoms with Gasteiger partial charge >= 0.3 is 0 Å². The third kappa shape index (κ3) is 1.32. The van der Waals surface area contributed by atoms with Crippen LogP contribution in [-0.2, 0) is 0 Å². The van der Waals surface area contributed by atoms with E-state index in [0.29, 0.717) is 0 Å². The van der Waals surface area contributed by atoms with Crippen molar-refractivity contribution in [1.82, 2.24) is 0 Å². The molecular formula is C12H15NO. The summed E-state index contributed by atoms with van der Waals surface area (Å²) >= 11 is 0. The molecule has 0 saturated heterocycles. The predicted octanol–water partition coefficient (Wildman–Crippen LogP) is 3.00. The number of hydroxylamine groups is 1. The molecule has 1 aromatic carbocycles. The van der Waals surface area contributed by atoms with Gasteiger partial charge in [0.15, 0.2) is 0 Å². The van der Waals surface area contributed by atoms with E-state index in [1.54, 1.807) is 0 Å². The first kappa shape index (κ1) is 9.28. The highest BCUT2D eigenvalue weighted by Gasteiger charge is 2.27. The maximum atomic E-state index is 9.96. The normalized spacial score (nSPS) is 18.1. The smallest absolute Gasteiger partial charge is 0.0798 e. The summed E-state index contributed by atoms with van der Waals surface area (Å²) in [5.74, 6) is 0. The highest BCUT2D eigenvalue weighted by Crippen LogP contribution is 2.33. The molecule has 2 rings (SSSR count). The standard InChI is InChI=1S/C12H15NO/c1-9-4-5-11-10(8-9)6-7-12(2,3)13(11)14/h4-8,14H,1-3H3. The van der Waals surface area contributed by atoms with Crippen molar-refractivity contribution in [2.75, 3.05) is 5.06 Å².